The molecular formula is C17H18Cl3N. The lowest BCUT2D eigenvalue weighted by Gasteiger charge is -2.18. The third kappa shape index (κ3) is 3.92. The van der Waals surface area contributed by atoms with Gasteiger partial charge in [0, 0.05) is 12.6 Å². The number of hydrogen-bond acceptors (Lipinski definition) is 1. The van der Waals surface area contributed by atoms with Crippen molar-refractivity contribution in [3.05, 3.63) is 67.7 Å². The number of benzene rings is 2. The highest BCUT2D eigenvalue weighted by molar-refractivity contribution is 6.48. The predicted molar refractivity (Wildman–Crippen MR) is 92.6 cm³/mol. The van der Waals surface area contributed by atoms with Gasteiger partial charge in [0.05, 0.1) is 15.1 Å². The van der Waals surface area contributed by atoms with E-state index in [1.54, 1.807) is 6.07 Å². The fourth-order valence-corrected chi connectivity index (χ4v) is 2.95. The van der Waals surface area contributed by atoms with E-state index >= 15 is 0 Å². The smallest absolute Gasteiger partial charge is 0.0781 e. The van der Waals surface area contributed by atoms with Gasteiger partial charge in [-0.2, -0.15) is 0 Å². The Morgan fingerprint density at radius 1 is 1.00 bits per heavy atom. The first-order valence-electron chi connectivity index (χ1n) is 6.83. The number of rotatable bonds is 4. The molecular weight excluding hydrogens is 325 g/mol. The molecule has 0 saturated heterocycles. The first-order valence-corrected chi connectivity index (χ1v) is 7.96. The largest absolute Gasteiger partial charge is 0.306 e. The summed E-state index contributed by atoms with van der Waals surface area (Å²) in [6.45, 7) is 7.07. The van der Waals surface area contributed by atoms with E-state index in [9.17, 15) is 0 Å². The molecule has 1 N–H and O–H groups in total. The van der Waals surface area contributed by atoms with Gasteiger partial charge in [0.15, 0.2) is 0 Å². The van der Waals surface area contributed by atoms with Crippen LogP contribution < -0.4 is 5.32 Å². The minimum atomic E-state index is 0.0900. The van der Waals surface area contributed by atoms with Gasteiger partial charge < -0.3 is 5.32 Å². The number of hydrogen-bond donors (Lipinski definition) is 1. The number of halogens is 3. The van der Waals surface area contributed by atoms with Crippen molar-refractivity contribution in [3.8, 4) is 0 Å². The summed E-state index contributed by atoms with van der Waals surface area (Å²) in [5.74, 6) is 0. The average molecular weight is 343 g/mol. The lowest BCUT2D eigenvalue weighted by molar-refractivity contribution is 0.573. The summed E-state index contributed by atoms with van der Waals surface area (Å²) < 4.78 is 0. The Morgan fingerprint density at radius 3 is 2.43 bits per heavy atom. The van der Waals surface area contributed by atoms with Gasteiger partial charge >= 0.3 is 0 Å². The SMILES string of the molecule is Cc1ccc(C)c(CNC(C)c2ccc(Cl)c(Cl)c2Cl)c1. The highest BCUT2D eigenvalue weighted by atomic mass is 35.5. The highest BCUT2D eigenvalue weighted by Gasteiger charge is 2.14. The molecule has 112 valence electrons. The van der Waals surface area contributed by atoms with Crippen LogP contribution in [0.3, 0.4) is 0 Å². The molecule has 2 aromatic carbocycles. The molecule has 1 atom stereocenters. The zero-order valence-electron chi connectivity index (χ0n) is 12.3. The summed E-state index contributed by atoms with van der Waals surface area (Å²) in [4.78, 5) is 0. The summed E-state index contributed by atoms with van der Waals surface area (Å²) in [6, 6.07) is 10.2. The van der Waals surface area contributed by atoms with E-state index in [1.165, 1.54) is 16.7 Å². The van der Waals surface area contributed by atoms with Gasteiger partial charge in [0.25, 0.3) is 0 Å². The molecule has 0 fully saturated rings. The monoisotopic (exact) mass is 341 g/mol. The first-order chi connectivity index (χ1) is 9.90. The Hall–Kier alpha value is -0.730. The normalized spacial score (nSPS) is 12.5. The Bertz CT molecular complexity index is 653. The molecule has 1 nitrogen and oxygen atoms in total. The van der Waals surface area contributed by atoms with Gasteiger partial charge in [-0.1, -0.05) is 64.6 Å². The molecule has 0 radical (unpaired) electrons. The van der Waals surface area contributed by atoms with E-state index < -0.39 is 0 Å². The molecule has 0 amide bonds. The van der Waals surface area contributed by atoms with Crippen molar-refractivity contribution in [1.29, 1.82) is 0 Å². The maximum absolute atomic E-state index is 6.28. The number of nitrogens with one attached hydrogen (secondary N) is 1. The van der Waals surface area contributed by atoms with Crippen LogP contribution in [0.15, 0.2) is 30.3 Å². The summed E-state index contributed by atoms with van der Waals surface area (Å²) in [7, 11) is 0. The topological polar surface area (TPSA) is 12.0 Å². The molecule has 0 saturated carbocycles. The number of aryl methyl sites for hydroxylation is 2. The maximum atomic E-state index is 6.28. The van der Waals surface area contributed by atoms with Crippen molar-refractivity contribution < 1.29 is 0 Å². The Kier molecular flexibility index (Phi) is 5.56. The molecule has 0 aliphatic carbocycles. The van der Waals surface area contributed by atoms with Crippen LogP contribution in [0.25, 0.3) is 0 Å². The fourth-order valence-electron chi connectivity index (χ4n) is 2.24. The zero-order chi connectivity index (χ0) is 15.6. The second kappa shape index (κ2) is 7.02. The van der Waals surface area contributed by atoms with Gasteiger partial charge in [-0.3, -0.25) is 0 Å². The van der Waals surface area contributed by atoms with Crippen molar-refractivity contribution in [2.75, 3.05) is 0 Å². The van der Waals surface area contributed by atoms with Crippen molar-refractivity contribution in [1.82, 2.24) is 5.32 Å². The third-order valence-corrected chi connectivity index (χ3v) is 4.94. The van der Waals surface area contributed by atoms with E-state index in [-0.39, 0.29) is 6.04 Å². The van der Waals surface area contributed by atoms with Gasteiger partial charge in [0.2, 0.25) is 0 Å². The molecule has 0 aliphatic heterocycles. The summed E-state index contributed by atoms with van der Waals surface area (Å²) in [6.07, 6.45) is 0. The Morgan fingerprint density at radius 2 is 1.71 bits per heavy atom. The van der Waals surface area contributed by atoms with Crippen LogP contribution in [-0.4, -0.2) is 0 Å². The quantitative estimate of drug-likeness (QED) is 0.660. The van der Waals surface area contributed by atoms with Crippen molar-refractivity contribution in [2.24, 2.45) is 0 Å². The van der Waals surface area contributed by atoms with Gasteiger partial charge in [-0.15, -0.1) is 0 Å². The third-order valence-electron chi connectivity index (χ3n) is 3.63. The zero-order valence-corrected chi connectivity index (χ0v) is 14.6. The lowest BCUT2D eigenvalue weighted by Crippen LogP contribution is -2.19. The van der Waals surface area contributed by atoms with Gasteiger partial charge in [-0.25, -0.2) is 0 Å². The second-order valence-electron chi connectivity index (χ2n) is 5.30. The molecule has 2 rings (SSSR count). The lowest BCUT2D eigenvalue weighted by atomic mass is 10.0. The minimum absolute atomic E-state index is 0.0900. The fraction of sp³-hybridized carbons (Fsp3) is 0.294. The molecule has 1 unspecified atom stereocenters. The first kappa shape index (κ1) is 16.6. The standard InChI is InChI=1S/C17H18Cl3N/c1-10-4-5-11(2)13(8-10)9-21-12(3)14-6-7-15(18)17(20)16(14)19/h4-8,12,21H,9H2,1-3H3. The Labute approximate surface area is 141 Å². The summed E-state index contributed by atoms with van der Waals surface area (Å²) >= 11 is 18.3. The highest BCUT2D eigenvalue weighted by Crippen LogP contribution is 2.35. The van der Waals surface area contributed by atoms with Gasteiger partial charge in [0.1, 0.15) is 0 Å². The molecule has 4 heteroatoms. The van der Waals surface area contributed by atoms with Gasteiger partial charge in [-0.05, 0) is 43.5 Å². The Balaban J connectivity index is 2.14. The van der Waals surface area contributed by atoms with E-state index in [0.717, 1.165) is 12.1 Å². The summed E-state index contributed by atoms with van der Waals surface area (Å²) in [5.41, 5.74) is 4.78. The van der Waals surface area contributed by atoms with Crippen molar-refractivity contribution in [3.63, 3.8) is 0 Å². The molecule has 2 aromatic rings. The van der Waals surface area contributed by atoms with Crippen LogP contribution in [0, 0.1) is 13.8 Å². The van der Waals surface area contributed by atoms with E-state index in [0.29, 0.717) is 15.1 Å². The maximum Gasteiger partial charge on any atom is 0.0781 e. The minimum Gasteiger partial charge on any atom is -0.306 e. The molecule has 21 heavy (non-hydrogen) atoms. The molecule has 0 heterocycles. The van der Waals surface area contributed by atoms with Crippen LogP contribution >= 0.6 is 34.8 Å². The van der Waals surface area contributed by atoms with E-state index in [2.05, 4.69) is 44.3 Å². The molecule has 0 aliphatic rings. The average Bonchev–Trinajstić information content (AvgIpc) is 2.45. The van der Waals surface area contributed by atoms with Crippen LogP contribution in [0.1, 0.15) is 35.2 Å². The molecule has 0 spiro atoms. The van der Waals surface area contributed by atoms with Crippen LogP contribution in [-0.2, 0) is 6.54 Å². The van der Waals surface area contributed by atoms with Crippen molar-refractivity contribution in [2.45, 2.75) is 33.4 Å². The van der Waals surface area contributed by atoms with E-state index in [1.807, 2.05) is 6.07 Å². The predicted octanol–water partition coefficient (Wildman–Crippen LogP) is 6.11. The second-order valence-corrected chi connectivity index (χ2v) is 6.46. The summed E-state index contributed by atoms with van der Waals surface area (Å²) in [5, 5.41) is 4.90. The van der Waals surface area contributed by atoms with Crippen LogP contribution in [0.4, 0.5) is 0 Å². The van der Waals surface area contributed by atoms with E-state index in [4.69, 9.17) is 34.8 Å². The van der Waals surface area contributed by atoms with Crippen LogP contribution in [0.2, 0.25) is 15.1 Å². The van der Waals surface area contributed by atoms with Crippen molar-refractivity contribution >= 4 is 34.8 Å². The molecule has 0 aromatic heterocycles. The molecule has 0 bridgehead atoms. The van der Waals surface area contributed by atoms with Crippen LogP contribution in [0.5, 0.6) is 0 Å².